The summed E-state index contributed by atoms with van der Waals surface area (Å²) in [6, 6.07) is 7.07. The van der Waals surface area contributed by atoms with Crippen LogP contribution < -0.4 is 10.6 Å². The summed E-state index contributed by atoms with van der Waals surface area (Å²) >= 11 is 0. The third kappa shape index (κ3) is 5.10. The zero-order valence-corrected chi connectivity index (χ0v) is 13.8. The average Bonchev–Trinajstić information content (AvgIpc) is 2.96. The first-order valence-corrected chi connectivity index (χ1v) is 7.44. The molecule has 1 heterocycles. The van der Waals surface area contributed by atoms with Crippen LogP contribution in [0.4, 0.5) is 4.39 Å². The molecule has 0 saturated heterocycles. The number of benzene rings is 1. The van der Waals surface area contributed by atoms with E-state index < -0.39 is 0 Å². The summed E-state index contributed by atoms with van der Waals surface area (Å²) in [6.07, 6.45) is 4.06. The quantitative estimate of drug-likeness (QED) is 0.634. The Labute approximate surface area is 136 Å². The normalized spacial score (nSPS) is 11.6. The molecule has 124 valence electrons. The number of hydrogen-bond donors (Lipinski definition) is 2. The number of aryl methyl sites for hydroxylation is 1. The van der Waals surface area contributed by atoms with Crippen molar-refractivity contribution in [1.29, 1.82) is 0 Å². The van der Waals surface area contributed by atoms with Crippen LogP contribution >= 0.6 is 0 Å². The third-order valence-electron chi connectivity index (χ3n) is 3.45. The maximum Gasteiger partial charge on any atom is 0.191 e. The number of aromatic nitrogens is 1. The first kappa shape index (κ1) is 17.0. The van der Waals surface area contributed by atoms with E-state index in [2.05, 4.69) is 27.9 Å². The Hall–Kier alpha value is -2.34. The van der Waals surface area contributed by atoms with Crippen molar-refractivity contribution in [1.82, 2.24) is 15.2 Å². The van der Waals surface area contributed by atoms with Crippen LogP contribution in [-0.4, -0.2) is 24.7 Å². The molecule has 0 amide bonds. The maximum atomic E-state index is 13.6. The fourth-order valence-electron chi connectivity index (χ4n) is 2.26. The van der Waals surface area contributed by atoms with Crippen molar-refractivity contribution in [3.63, 3.8) is 0 Å². The summed E-state index contributed by atoms with van der Waals surface area (Å²) in [4.78, 5) is 4.19. The zero-order chi connectivity index (χ0) is 16.7. The molecule has 0 bridgehead atoms. The zero-order valence-electron chi connectivity index (χ0n) is 13.8. The van der Waals surface area contributed by atoms with Gasteiger partial charge in [0.15, 0.2) is 5.96 Å². The van der Waals surface area contributed by atoms with Crippen molar-refractivity contribution in [3.05, 3.63) is 59.2 Å². The van der Waals surface area contributed by atoms with Crippen LogP contribution in [-0.2, 0) is 31.5 Å². The Balaban J connectivity index is 1.89. The Morgan fingerprint density at radius 1 is 1.22 bits per heavy atom. The smallest absolute Gasteiger partial charge is 0.191 e. The highest BCUT2D eigenvalue weighted by atomic mass is 19.1. The number of ether oxygens (including phenoxy) is 1. The molecule has 0 fully saturated rings. The van der Waals surface area contributed by atoms with Crippen molar-refractivity contribution in [2.24, 2.45) is 12.0 Å². The van der Waals surface area contributed by atoms with Gasteiger partial charge in [0, 0.05) is 52.3 Å². The van der Waals surface area contributed by atoms with E-state index in [9.17, 15) is 4.39 Å². The number of rotatable bonds is 6. The molecule has 2 N–H and O–H groups in total. The van der Waals surface area contributed by atoms with Gasteiger partial charge in [-0.1, -0.05) is 6.07 Å². The second-order valence-corrected chi connectivity index (χ2v) is 5.32. The average molecular weight is 318 g/mol. The lowest BCUT2D eigenvalue weighted by Gasteiger charge is -2.12. The second-order valence-electron chi connectivity index (χ2n) is 5.32. The fourth-order valence-corrected chi connectivity index (χ4v) is 2.26. The van der Waals surface area contributed by atoms with Crippen LogP contribution in [0.3, 0.4) is 0 Å². The van der Waals surface area contributed by atoms with Gasteiger partial charge in [0.05, 0.1) is 6.61 Å². The van der Waals surface area contributed by atoms with Crippen LogP contribution in [0.2, 0.25) is 0 Å². The highest BCUT2D eigenvalue weighted by Crippen LogP contribution is 2.11. The molecule has 5 nitrogen and oxygen atoms in total. The molecule has 0 unspecified atom stereocenters. The molecule has 0 aliphatic heterocycles. The maximum absolute atomic E-state index is 13.6. The number of aliphatic imine (C=N–C) groups is 1. The van der Waals surface area contributed by atoms with Crippen LogP contribution in [0.25, 0.3) is 0 Å². The number of hydrogen-bond acceptors (Lipinski definition) is 2. The lowest BCUT2D eigenvalue weighted by atomic mass is 10.1. The van der Waals surface area contributed by atoms with E-state index in [1.807, 2.05) is 17.8 Å². The lowest BCUT2D eigenvalue weighted by Crippen LogP contribution is -2.36. The summed E-state index contributed by atoms with van der Waals surface area (Å²) in [5.74, 6) is 0.452. The molecule has 2 aromatic rings. The predicted molar refractivity (Wildman–Crippen MR) is 89.6 cm³/mol. The van der Waals surface area contributed by atoms with Gasteiger partial charge in [0.1, 0.15) is 5.82 Å². The number of nitrogens with one attached hydrogen (secondary N) is 2. The van der Waals surface area contributed by atoms with Crippen LogP contribution in [0, 0.1) is 5.82 Å². The molecular weight excluding hydrogens is 295 g/mol. The second kappa shape index (κ2) is 8.33. The predicted octanol–water partition coefficient (Wildman–Crippen LogP) is 2.18. The number of guanidine groups is 1. The van der Waals surface area contributed by atoms with E-state index in [0.29, 0.717) is 24.6 Å². The minimum atomic E-state index is -0.248. The van der Waals surface area contributed by atoms with Gasteiger partial charge in [0.25, 0.3) is 0 Å². The van der Waals surface area contributed by atoms with E-state index in [4.69, 9.17) is 4.74 Å². The minimum absolute atomic E-state index is 0.248. The number of methoxy groups -OCH3 is 1. The van der Waals surface area contributed by atoms with Gasteiger partial charge >= 0.3 is 0 Å². The topological polar surface area (TPSA) is 50.6 Å². The van der Waals surface area contributed by atoms with Gasteiger partial charge in [-0.2, -0.15) is 0 Å². The molecule has 2 rings (SSSR count). The summed E-state index contributed by atoms with van der Waals surface area (Å²) in [5, 5.41) is 6.47. The Morgan fingerprint density at radius 3 is 2.57 bits per heavy atom. The number of halogens is 1. The van der Waals surface area contributed by atoms with Crippen LogP contribution in [0.1, 0.15) is 16.7 Å². The van der Waals surface area contributed by atoms with Crippen molar-refractivity contribution >= 4 is 5.96 Å². The molecule has 0 aliphatic carbocycles. The fraction of sp³-hybridized carbons (Fsp3) is 0.353. The van der Waals surface area contributed by atoms with Gasteiger partial charge in [-0.15, -0.1) is 0 Å². The molecular formula is C17H23FN4O. The number of nitrogens with zero attached hydrogens (tertiary/aromatic N) is 2. The Bertz CT molecular complexity index is 666. The minimum Gasteiger partial charge on any atom is -0.380 e. The van der Waals surface area contributed by atoms with Crippen molar-refractivity contribution in [3.8, 4) is 0 Å². The van der Waals surface area contributed by atoms with Crippen molar-refractivity contribution in [2.45, 2.75) is 19.7 Å². The van der Waals surface area contributed by atoms with E-state index in [0.717, 1.165) is 5.56 Å². The third-order valence-corrected chi connectivity index (χ3v) is 3.45. The highest BCUT2D eigenvalue weighted by molar-refractivity contribution is 5.79. The largest absolute Gasteiger partial charge is 0.380 e. The van der Waals surface area contributed by atoms with E-state index in [1.54, 1.807) is 26.3 Å². The first-order valence-electron chi connectivity index (χ1n) is 7.44. The summed E-state index contributed by atoms with van der Waals surface area (Å²) < 4.78 is 20.6. The standard InChI is InChI=1S/C17H23FN4O/c1-19-17(21-10-14-6-7-22(2)11-14)20-9-13-4-5-16(18)15(8-13)12-23-3/h4-8,11H,9-10,12H2,1-3H3,(H2,19,20,21). The van der Waals surface area contributed by atoms with Gasteiger partial charge in [-0.05, 0) is 29.3 Å². The Kier molecular flexibility index (Phi) is 6.17. The summed E-state index contributed by atoms with van der Waals surface area (Å²) in [5.41, 5.74) is 2.71. The molecule has 1 aromatic heterocycles. The van der Waals surface area contributed by atoms with Crippen molar-refractivity contribution in [2.75, 3.05) is 14.2 Å². The van der Waals surface area contributed by atoms with Crippen molar-refractivity contribution < 1.29 is 9.13 Å². The molecule has 0 atom stereocenters. The van der Waals surface area contributed by atoms with E-state index in [-0.39, 0.29) is 12.4 Å². The SMILES string of the molecule is CN=C(NCc1ccc(F)c(COC)c1)NCc1ccn(C)c1. The molecule has 6 heteroatoms. The monoisotopic (exact) mass is 318 g/mol. The first-order chi connectivity index (χ1) is 11.1. The van der Waals surface area contributed by atoms with Gasteiger partial charge in [-0.3, -0.25) is 4.99 Å². The molecule has 0 saturated carbocycles. The van der Waals surface area contributed by atoms with E-state index >= 15 is 0 Å². The molecule has 0 radical (unpaired) electrons. The molecule has 1 aromatic carbocycles. The molecule has 0 spiro atoms. The van der Waals surface area contributed by atoms with Gasteiger partial charge < -0.3 is 19.9 Å². The highest BCUT2D eigenvalue weighted by Gasteiger charge is 2.05. The summed E-state index contributed by atoms with van der Waals surface area (Å²) in [7, 11) is 5.27. The van der Waals surface area contributed by atoms with Crippen LogP contribution in [0.15, 0.2) is 41.7 Å². The van der Waals surface area contributed by atoms with Crippen LogP contribution in [0.5, 0.6) is 0 Å². The molecule has 23 heavy (non-hydrogen) atoms. The van der Waals surface area contributed by atoms with Gasteiger partial charge in [-0.25, -0.2) is 4.39 Å². The molecule has 0 aliphatic rings. The van der Waals surface area contributed by atoms with Gasteiger partial charge in [0.2, 0.25) is 0 Å². The lowest BCUT2D eigenvalue weighted by molar-refractivity contribution is 0.181. The van der Waals surface area contributed by atoms with E-state index in [1.165, 1.54) is 11.6 Å². The summed E-state index contributed by atoms with van der Waals surface area (Å²) in [6.45, 7) is 1.52. The Morgan fingerprint density at radius 2 is 1.96 bits per heavy atom.